The van der Waals surface area contributed by atoms with E-state index < -0.39 is 15.8 Å². The van der Waals surface area contributed by atoms with Gasteiger partial charge in [-0.3, -0.25) is 14.2 Å². The Bertz CT molecular complexity index is 740. The highest BCUT2D eigenvalue weighted by Gasteiger charge is 2.15. The number of hydrogen-bond donors (Lipinski definition) is 2. The van der Waals surface area contributed by atoms with Crippen molar-refractivity contribution in [1.82, 2.24) is 15.1 Å². The second kappa shape index (κ2) is 5.92. The van der Waals surface area contributed by atoms with E-state index in [1.54, 1.807) is 0 Å². The molecule has 2 N–H and O–H groups in total. The standard InChI is InChI=1S/C12H13FN4O3S/c1-14-12(18)8-17-7-10(6-15-17)16-21(19,20)11-4-2-9(13)3-5-11/h2-7,16H,8H2,1H3,(H,14,18). The summed E-state index contributed by atoms with van der Waals surface area (Å²) in [5.74, 6) is -0.779. The van der Waals surface area contributed by atoms with Crippen LogP contribution in [0.5, 0.6) is 0 Å². The largest absolute Gasteiger partial charge is 0.358 e. The van der Waals surface area contributed by atoms with E-state index in [0.717, 1.165) is 24.3 Å². The van der Waals surface area contributed by atoms with Crippen LogP contribution in [0.3, 0.4) is 0 Å². The molecule has 0 saturated heterocycles. The molecule has 0 aliphatic rings. The minimum atomic E-state index is -3.82. The monoisotopic (exact) mass is 312 g/mol. The van der Waals surface area contributed by atoms with E-state index in [4.69, 9.17) is 0 Å². The third-order valence-corrected chi connectivity index (χ3v) is 3.99. The van der Waals surface area contributed by atoms with Gasteiger partial charge in [0.2, 0.25) is 5.91 Å². The summed E-state index contributed by atoms with van der Waals surface area (Å²) in [6.07, 6.45) is 2.67. The molecule has 0 saturated carbocycles. The number of anilines is 1. The molecule has 1 aromatic carbocycles. The molecule has 0 bridgehead atoms. The minimum absolute atomic E-state index is 0.0191. The number of nitrogens with one attached hydrogen (secondary N) is 2. The van der Waals surface area contributed by atoms with Crippen molar-refractivity contribution in [3.8, 4) is 0 Å². The van der Waals surface area contributed by atoms with Crippen molar-refractivity contribution >= 4 is 21.6 Å². The van der Waals surface area contributed by atoms with Crippen molar-refractivity contribution in [2.45, 2.75) is 11.4 Å². The molecule has 0 aliphatic heterocycles. The summed E-state index contributed by atoms with van der Waals surface area (Å²) < 4.78 is 40.5. The Hall–Kier alpha value is -2.42. The molecule has 0 unspecified atom stereocenters. The van der Waals surface area contributed by atoms with Crippen LogP contribution in [0.15, 0.2) is 41.6 Å². The molecule has 0 spiro atoms. The first-order valence-electron chi connectivity index (χ1n) is 5.92. The molecule has 21 heavy (non-hydrogen) atoms. The lowest BCUT2D eigenvalue weighted by molar-refractivity contribution is -0.121. The number of likely N-dealkylation sites (N-methyl/N-ethyl adjacent to an activating group) is 1. The van der Waals surface area contributed by atoms with E-state index in [0.29, 0.717) is 0 Å². The van der Waals surface area contributed by atoms with Gasteiger partial charge in [0, 0.05) is 13.2 Å². The topological polar surface area (TPSA) is 93.1 Å². The summed E-state index contributed by atoms with van der Waals surface area (Å²) in [7, 11) is -2.33. The summed E-state index contributed by atoms with van der Waals surface area (Å²) in [6.45, 7) is -0.0191. The fourth-order valence-corrected chi connectivity index (χ4v) is 2.58. The molecule has 1 heterocycles. The lowest BCUT2D eigenvalue weighted by Crippen LogP contribution is -2.23. The summed E-state index contributed by atoms with van der Waals surface area (Å²) in [5, 5.41) is 6.29. The van der Waals surface area contributed by atoms with Gasteiger partial charge in [0.15, 0.2) is 0 Å². The number of rotatable bonds is 5. The van der Waals surface area contributed by atoms with Crippen LogP contribution in [0.2, 0.25) is 0 Å². The van der Waals surface area contributed by atoms with Gasteiger partial charge in [-0.2, -0.15) is 5.10 Å². The summed E-state index contributed by atoms with van der Waals surface area (Å²) >= 11 is 0. The first-order valence-corrected chi connectivity index (χ1v) is 7.40. The average Bonchev–Trinajstić information content (AvgIpc) is 2.85. The molecule has 9 heteroatoms. The summed E-state index contributed by atoms with van der Waals surface area (Å²) in [4.78, 5) is 11.1. The second-order valence-electron chi connectivity index (χ2n) is 4.16. The van der Waals surface area contributed by atoms with Gasteiger partial charge in [-0.1, -0.05) is 0 Å². The lowest BCUT2D eigenvalue weighted by Gasteiger charge is -2.05. The maximum atomic E-state index is 12.8. The Morgan fingerprint density at radius 2 is 2.00 bits per heavy atom. The minimum Gasteiger partial charge on any atom is -0.358 e. The van der Waals surface area contributed by atoms with Crippen LogP contribution in [-0.2, 0) is 21.4 Å². The van der Waals surface area contributed by atoms with Gasteiger partial charge in [0.25, 0.3) is 10.0 Å². The number of halogens is 1. The number of nitrogens with zero attached hydrogens (tertiary/aromatic N) is 2. The number of benzene rings is 1. The Morgan fingerprint density at radius 1 is 1.33 bits per heavy atom. The molecule has 1 amide bonds. The van der Waals surface area contributed by atoms with Gasteiger partial charge in [-0.15, -0.1) is 0 Å². The first-order chi connectivity index (χ1) is 9.90. The Balaban J connectivity index is 2.14. The highest BCUT2D eigenvalue weighted by molar-refractivity contribution is 7.92. The first kappa shape index (κ1) is 15.0. The number of hydrogen-bond acceptors (Lipinski definition) is 4. The Kier molecular flexibility index (Phi) is 4.22. The summed E-state index contributed by atoms with van der Waals surface area (Å²) in [6, 6.07) is 4.44. The number of carbonyl (C=O) groups is 1. The van der Waals surface area contributed by atoms with Gasteiger partial charge < -0.3 is 5.32 Å². The van der Waals surface area contributed by atoms with E-state index in [-0.39, 0.29) is 23.0 Å². The molecular weight excluding hydrogens is 299 g/mol. The number of sulfonamides is 1. The van der Waals surface area contributed by atoms with Gasteiger partial charge in [-0.25, -0.2) is 12.8 Å². The molecule has 0 aliphatic carbocycles. The molecule has 1 aromatic heterocycles. The van der Waals surface area contributed by atoms with Crippen molar-refractivity contribution in [2.75, 3.05) is 11.8 Å². The van der Waals surface area contributed by atoms with E-state index in [2.05, 4.69) is 15.1 Å². The number of amides is 1. The van der Waals surface area contributed by atoms with Gasteiger partial charge in [0.05, 0.1) is 16.8 Å². The second-order valence-corrected chi connectivity index (χ2v) is 5.84. The smallest absolute Gasteiger partial charge is 0.261 e. The van der Waals surface area contributed by atoms with E-state index >= 15 is 0 Å². The molecule has 7 nitrogen and oxygen atoms in total. The molecule has 2 aromatic rings. The molecule has 112 valence electrons. The zero-order chi connectivity index (χ0) is 15.5. The van der Waals surface area contributed by atoms with Gasteiger partial charge in [-0.05, 0) is 24.3 Å². The maximum absolute atomic E-state index is 12.8. The van der Waals surface area contributed by atoms with E-state index in [9.17, 15) is 17.6 Å². The lowest BCUT2D eigenvalue weighted by atomic mass is 10.4. The fraction of sp³-hybridized carbons (Fsp3) is 0.167. The van der Waals surface area contributed by atoms with Crippen molar-refractivity contribution < 1.29 is 17.6 Å². The van der Waals surface area contributed by atoms with Gasteiger partial charge in [0.1, 0.15) is 12.4 Å². The summed E-state index contributed by atoms with van der Waals surface area (Å²) in [5.41, 5.74) is 0.211. The van der Waals surface area contributed by atoms with Crippen molar-refractivity contribution in [3.05, 3.63) is 42.5 Å². The predicted octanol–water partition coefficient (Wildman–Crippen LogP) is 0.569. The predicted molar refractivity (Wildman–Crippen MR) is 73.5 cm³/mol. The van der Waals surface area contributed by atoms with Crippen LogP contribution < -0.4 is 10.0 Å². The average molecular weight is 312 g/mol. The van der Waals surface area contributed by atoms with Crippen LogP contribution in [0.25, 0.3) is 0 Å². The van der Waals surface area contributed by atoms with Crippen molar-refractivity contribution in [3.63, 3.8) is 0 Å². The van der Waals surface area contributed by atoms with Crippen LogP contribution >= 0.6 is 0 Å². The Morgan fingerprint density at radius 3 is 2.62 bits per heavy atom. The number of carbonyl (C=O) groups excluding carboxylic acids is 1. The molecule has 0 atom stereocenters. The molecule has 2 rings (SSSR count). The normalized spacial score (nSPS) is 11.1. The quantitative estimate of drug-likeness (QED) is 0.844. The SMILES string of the molecule is CNC(=O)Cn1cc(NS(=O)(=O)c2ccc(F)cc2)cn1. The Labute approximate surface area is 120 Å². The highest BCUT2D eigenvalue weighted by Crippen LogP contribution is 2.15. The molecule has 0 fully saturated rings. The van der Waals surface area contributed by atoms with E-state index in [1.165, 1.54) is 24.1 Å². The van der Waals surface area contributed by atoms with Crippen LogP contribution in [0, 0.1) is 5.82 Å². The van der Waals surface area contributed by atoms with Crippen LogP contribution in [-0.4, -0.2) is 31.2 Å². The van der Waals surface area contributed by atoms with Crippen LogP contribution in [0.4, 0.5) is 10.1 Å². The van der Waals surface area contributed by atoms with Crippen molar-refractivity contribution in [2.24, 2.45) is 0 Å². The van der Waals surface area contributed by atoms with Crippen molar-refractivity contribution in [1.29, 1.82) is 0 Å². The highest BCUT2D eigenvalue weighted by atomic mass is 32.2. The molecule has 0 radical (unpaired) electrons. The third-order valence-electron chi connectivity index (χ3n) is 2.59. The van der Waals surface area contributed by atoms with E-state index in [1.807, 2.05) is 0 Å². The number of aromatic nitrogens is 2. The van der Waals surface area contributed by atoms with Crippen LogP contribution in [0.1, 0.15) is 0 Å². The maximum Gasteiger partial charge on any atom is 0.261 e. The van der Waals surface area contributed by atoms with Gasteiger partial charge >= 0.3 is 0 Å². The zero-order valence-corrected chi connectivity index (χ0v) is 11.9. The molecular formula is C12H13FN4O3S. The third kappa shape index (κ3) is 3.78. The fourth-order valence-electron chi connectivity index (χ4n) is 1.56. The zero-order valence-electron chi connectivity index (χ0n) is 11.1.